The van der Waals surface area contributed by atoms with E-state index >= 15 is 0 Å². The van der Waals surface area contributed by atoms with Crippen molar-refractivity contribution in [3.8, 4) is 0 Å². The average Bonchev–Trinajstić information content (AvgIpc) is 1.82. The third-order valence-electron chi connectivity index (χ3n) is 0.802. The highest BCUT2D eigenvalue weighted by Crippen LogP contribution is 1.78. The molecule has 0 spiro atoms. The second kappa shape index (κ2) is 4.49. The summed E-state index contributed by atoms with van der Waals surface area (Å²) < 4.78 is 0. The number of amides is 1. The van der Waals surface area contributed by atoms with Gasteiger partial charge in [0, 0.05) is 12.1 Å². The predicted octanol–water partition coefficient (Wildman–Crippen LogP) is -1.18. The summed E-state index contributed by atoms with van der Waals surface area (Å²) in [6.45, 7) is 3.56. The van der Waals surface area contributed by atoms with E-state index in [-0.39, 0.29) is 6.04 Å². The molecule has 0 aromatic heterocycles. The Bertz CT molecular complexity index is 184. The molecule has 0 radical (unpaired) electrons. The molecule has 4 nitrogen and oxygen atoms in total. The summed E-state index contributed by atoms with van der Waals surface area (Å²) in [6, 6.07) is 0.00824. The first kappa shape index (κ1) is 9.68. The van der Waals surface area contributed by atoms with Crippen LogP contribution in [0.2, 0.25) is 0 Å². The van der Waals surface area contributed by atoms with Gasteiger partial charge in [-0.1, -0.05) is 0 Å². The quantitative estimate of drug-likeness (QED) is 0.523. The molecule has 0 unspecified atom stereocenters. The number of rotatable bonds is 3. The Labute approximate surface area is 64.9 Å². The number of hydrogen-bond acceptors (Lipinski definition) is 3. The SMILES string of the molecule is CC(C)NC(=O)C=CC(=O)[O-]. The van der Waals surface area contributed by atoms with Gasteiger partial charge in [0.2, 0.25) is 5.91 Å². The summed E-state index contributed by atoms with van der Waals surface area (Å²) in [6.07, 6.45) is 1.62. The van der Waals surface area contributed by atoms with Gasteiger partial charge < -0.3 is 15.2 Å². The Morgan fingerprint density at radius 1 is 1.36 bits per heavy atom. The second-order valence-electron chi connectivity index (χ2n) is 2.32. The zero-order valence-corrected chi connectivity index (χ0v) is 6.46. The number of carbonyl (C=O) groups excluding carboxylic acids is 2. The summed E-state index contributed by atoms with van der Waals surface area (Å²) in [5.74, 6) is -1.80. The van der Waals surface area contributed by atoms with Gasteiger partial charge in [0.05, 0.1) is 5.97 Å². The Morgan fingerprint density at radius 3 is 2.27 bits per heavy atom. The van der Waals surface area contributed by atoms with Crippen molar-refractivity contribution in [1.82, 2.24) is 5.32 Å². The van der Waals surface area contributed by atoms with Gasteiger partial charge in [-0.3, -0.25) is 4.79 Å². The van der Waals surface area contributed by atoms with E-state index in [9.17, 15) is 14.7 Å². The van der Waals surface area contributed by atoms with Crippen LogP contribution in [0.1, 0.15) is 13.8 Å². The highest BCUT2D eigenvalue weighted by Gasteiger charge is 1.95. The zero-order valence-electron chi connectivity index (χ0n) is 6.46. The highest BCUT2D eigenvalue weighted by molar-refractivity contribution is 5.93. The van der Waals surface area contributed by atoms with Gasteiger partial charge in [0.15, 0.2) is 0 Å². The van der Waals surface area contributed by atoms with E-state index in [0.29, 0.717) is 6.08 Å². The van der Waals surface area contributed by atoms with Crippen LogP contribution < -0.4 is 10.4 Å². The molecule has 11 heavy (non-hydrogen) atoms. The van der Waals surface area contributed by atoms with Crippen molar-refractivity contribution >= 4 is 11.9 Å². The fourth-order valence-electron chi connectivity index (χ4n) is 0.476. The van der Waals surface area contributed by atoms with Crippen LogP contribution in [-0.2, 0) is 9.59 Å². The fourth-order valence-corrected chi connectivity index (χ4v) is 0.476. The normalized spacial score (nSPS) is 10.5. The summed E-state index contributed by atoms with van der Waals surface area (Å²) >= 11 is 0. The van der Waals surface area contributed by atoms with Crippen molar-refractivity contribution in [3.63, 3.8) is 0 Å². The smallest absolute Gasteiger partial charge is 0.244 e. The number of carboxylic acid groups (broad SMARTS) is 1. The van der Waals surface area contributed by atoms with Gasteiger partial charge in [0.25, 0.3) is 0 Å². The van der Waals surface area contributed by atoms with Crippen LogP contribution in [0.15, 0.2) is 12.2 Å². The third kappa shape index (κ3) is 6.57. The van der Waals surface area contributed by atoms with E-state index in [1.165, 1.54) is 0 Å². The Morgan fingerprint density at radius 2 is 1.91 bits per heavy atom. The summed E-state index contributed by atoms with van der Waals surface area (Å²) in [5, 5.41) is 12.3. The molecule has 1 N–H and O–H groups in total. The van der Waals surface area contributed by atoms with Gasteiger partial charge in [-0.25, -0.2) is 0 Å². The molecule has 0 aliphatic carbocycles. The zero-order chi connectivity index (χ0) is 8.85. The maximum Gasteiger partial charge on any atom is 0.244 e. The molecular formula is C7H10NO3-. The van der Waals surface area contributed by atoms with Crippen molar-refractivity contribution < 1.29 is 14.7 Å². The fraction of sp³-hybridized carbons (Fsp3) is 0.429. The lowest BCUT2D eigenvalue weighted by Gasteiger charge is -2.03. The van der Waals surface area contributed by atoms with Crippen molar-refractivity contribution in [2.24, 2.45) is 0 Å². The van der Waals surface area contributed by atoms with Crippen molar-refractivity contribution in [2.75, 3.05) is 0 Å². The number of aliphatic carboxylic acids is 1. The molecule has 0 rings (SSSR count). The second-order valence-corrected chi connectivity index (χ2v) is 2.32. The molecule has 4 heteroatoms. The summed E-state index contributed by atoms with van der Waals surface area (Å²) in [7, 11) is 0. The van der Waals surface area contributed by atoms with Crippen molar-refractivity contribution in [2.45, 2.75) is 19.9 Å². The number of hydrogen-bond donors (Lipinski definition) is 1. The molecular weight excluding hydrogens is 146 g/mol. The lowest BCUT2D eigenvalue weighted by Crippen LogP contribution is -2.29. The molecule has 0 aliphatic heterocycles. The van der Waals surface area contributed by atoms with Crippen LogP contribution in [-0.4, -0.2) is 17.9 Å². The van der Waals surface area contributed by atoms with E-state index in [1.807, 2.05) is 0 Å². The maximum absolute atomic E-state index is 10.7. The van der Waals surface area contributed by atoms with Crippen LogP contribution >= 0.6 is 0 Å². The minimum absolute atomic E-state index is 0.00824. The molecule has 0 saturated carbocycles. The molecule has 0 bridgehead atoms. The first-order valence-electron chi connectivity index (χ1n) is 3.22. The average molecular weight is 156 g/mol. The molecule has 0 saturated heterocycles. The minimum Gasteiger partial charge on any atom is -0.545 e. The van der Waals surface area contributed by atoms with Crippen LogP contribution in [0.25, 0.3) is 0 Å². The van der Waals surface area contributed by atoms with E-state index in [0.717, 1.165) is 6.08 Å². The van der Waals surface area contributed by atoms with Gasteiger partial charge in [-0.15, -0.1) is 0 Å². The molecule has 0 aromatic rings. The van der Waals surface area contributed by atoms with E-state index in [2.05, 4.69) is 5.32 Å². The summed E-state index contributed by atoms with van der Waals surface area (Å²) in [5.41, 5.74) is 0. The predicted molar refractivity (Wildman–Crippen MR) is 37.4 cm³/mol. The molecule has 0 aromatic carbocycles. The molecule has 1 amide bonds. The van der Waals surface area contributed by atoms with Crippen LogP contribution in [0.3, 0.4) is 0 Å². The van der Waals surface area contributed by atoms with Crippen molar-refractivity contribution in [3.05, 3.63) is 12.2 Å². The lowest BCUT2D eigenvalue weighted by molar-refractivity contribution is -0.297. The standard InChI is InChI=1S/C7H11NO3/c1-5(2)8-6(9)3-4-7(10)11/h3-5H,1-2H3,(H,8,9)(H,10,11)/p-1. The van der Waals surface area contributed by atoms with E-state index in [1.54, 1.807) is 13.8 Å². The highest BCUT2D eigenvalue weighted by atomic mass is 16.4. The number of carboxylic acids is 1. The van der Waals surface area contributed by atoms with Gasteiger partial charge in [-0.2, -0.15) is 0 Å². The van der Waals surface area contributed by atoms with Crippen LogP contribution in [0, 0.1) is 0 Å². The summed E-state index contributed by atoms with van der Waals surface area (Å²) in [4.78, 5) is 20.5. The van der Waals surface area contributed by atoms with E-state index < -0.39 is 11.9 Å². The Balaban J connectivity index is 3.78. The molecule has 0 atom stereocenters. The van der Waals surface area contributed by atoms with Crippen LogP contribution in [0.4, 0.5) is 0 Å². The first-order valence-corrected chi connectivity index (χ1v) is 3.22. The largest absolute Gasteiger partial charge is 0.545 e. The third-order valence-corrected chi connectivity index (χ3v) is 0.802. The Kier molecular flexibility index (Phi) is 3.95. The molecule has 0 heterocycles. The molecule has 0 aliphatic rings. The molecule has 0 fully saturated rings. The first-order chi connectivity index (χ1) is 5.02. The Hall–Kier alpha value is -1.32. The number of carbonyl (C=O) groups is 2. The maximum atomic E-state index is 10.7. The number of nitrogens with one attached hydrogen (secondary N) is 1. The lowest BCUT2D eigenvalue weighted by atomic mass is 10.4. The van der Waals surface area contributed by atoms with Gasteiger partial charge in [-0.05, 0) is 19.9 Å². The van der Waals surface area contributed by atoms with Gasteiger partial charge >= 0.3 is 0 Å². The van der Waals surface area contributed by atoms with Crippen LogP contribution in [0.5, 0.6) is 0 Å². The van der Waals surface area contributed by atoms with Gasteiger partial charge in [0.1, 0.15) is 0 Å². The topological polar surface area (TPSA) is 69.2 Å². The van der Waals surface area contributed by atoms with Crippen molar-refractivity contribution in [1.29, 1.82) is 0 Å². The minimum atomic E-state index is -1.37. The van der Waals surface area contributed by atoms with E-state index in [4.69, 9.17) is 0 Å². The monoisotopic (exact) mass is 156 g/mol. The molecule has 62 valence electrons.